The Morgan fingerprint density at radius 3 is 2.39 bits per heavy atom. The zero-order chi connectivity index (χ0) is 13.0. The second-order valence-corrected chi connectivity index (χ2v) is 3.65. The normalized spacial score (nSPS) is 9.61. The van der Waals surface area contributed by atoms with Crippen molar-refractivity contribution in [2.24, 2.45) is 0 Å². The molecule has 7 heteroatoms. The van der Waals surface area contributed by atoms with Crippen LogP contribution in [0.25, 0.3) is 0 Å². The molecule has 1 heterocycles. The number of benzene rings is 1. The van der Waals surface area contributed by atoms with Gasteiger partial charge in [-0.15, -0.1) is 0 Å². The lowest BCUT2D eigenvalue weighted by Gasteiger charge is -2.06. The highest BCUT2D eigenvalue weighted by molar-refractivity contribution is 6.28. The van der Waals surface area contributed by atoms with E-state index in [0.717, 1.165) is 5.69 Å². The monoisotopic (exact) mass is 260 g/mol. The maximum Gasteiger partial charge on any atom is 0.233 e. The molecule has 0 bridgehead atoms. The van der Waals surface area contributed by atoms with Crippen molar-refractivity contribution in [3.05, 3.63) is 35.1 Å². The number of hydrogen-bond donors (Lipinski definition) is 2. The lowest BCUT2D eigenvalue weighted by molar-refractivity contribution is 1.05. The summed E-state index contributed by atoms with van der Waals surface area (Å²) in [7, 11) is 1.69. The fourth-order valence-electron chi connectivity index (χ4n) is 1.27. The van der Waals surface area contributed by atoms with E-state index in [1.165, 1.54) is 0 Å². The van der Waals surface area contributed by atoms with E-state index >= 15 is 0 Å². The van der Waals surface area contributed by atoms with Gasteiger partial charge < -0.3 is 10.6 Å². The van der Waals surface area contributed by atoms with Crippen LogP contribution in [-0.4, -0.2) is 22.0 Å². The molecule has 0 aliphatic heterocycles. The van der Waals surface area contributed by atoms with Crippen molar-refractivity contribution >= 4 is 29.2 Å². The Bertz CT molecular complexity index is 589. The van der Waals surface area contributed by atoms with Crippen molar-refractivity contribution in [2.45, 2.75) is 0 Å². The quantitative estimate of drug-likeness (QED) is 0.880. The van der Waals surface area contributed by atoms with Crippen molar-refractivity contribution in [2.75, 3.05) is 17.7 Å². The summed E-state index contributed by atoms with van der Waals surface area (Å²) in [5.41, 5.74) is 1.35. The molecule has 0 radical (unpaired) electrons. The highest BCUT2D eigenvalue weighted by Crippen LogP contribution is 2.16. The van der Waals surface area contributed by atoms with Crippen LogP contribution >= 0.6 is 11.6 Å². The van der Waals surface area contributed by atoms with Crippen LogP contribution in [0.4, 0.5) is 17.6 Å². The van der Waals surface area contributed by atoms with Gasteiger partial charge in [0.2, 0.25) is 17.2 Å². The molecule has 0 amide bonds. The largest absolute Gasteiger partial charge is 0.357 e. The molecule has 2 N–H and O–H groups in total. The van der Waals surface area contributed by atoms with Crippen LogP contribution in [0.3, 0.4) is 0 Å². The van der Waals surface area contributed by atoms with Crippen LogP contribution in [0.1, 0.15) is 5.56 Å². The van der Waals surface area contributed by atoms with Crippen LogP contribution in [0.5, 0.6) is 0 Å². The van der Waals surface area contributed by atoms with Gasteiger partial charge >= 0.3 is 0 Å². The van der Waals surface area contributed by atoms with Crippen LogP contribution in [0.15, 0.2) is 24.3 Å². The van der Waals surface area contributed by atoms with Crippen molar-refractivity contribution < 1.29 is 0 Å². The number of nitrogens with zero attached hydrogens (tertiary/aromatic N) is 4. The average Bonchev–Trinajstić information content (AvgIpc) is 2.39. The Labute approximate surface area is 109 Å². The van der Waals surface area contributed by atoms with Gasteiger partial charge in [-0.1, -0.05) is 0 Å². The summed E-state index contributed by atoms with van der Waals surface area (Å²) in [6.45, 7) is 0. The molecule has 2 rings (SSSR count). The van der Waals surface area contributed by atoms with Gasteiger partial charge in [-0.25, -0.2) is 0 Å². The van der Waals surface area contributed by atoms with E-state index in [9.17, 15) is 0 Å². The molecule has 0 atom stereocenters. The van der Waals surface area contributed by atoms with E-state index in [4.69, 9.17) is 16.9 Å². The van der Waals surface area contributed by atoms with E-state index in [0.29, 0.717) is 17.5 Å². The minimum Gasteiger partial charge on any atom is -0.357 e. The molecule has 90 valence electrons. The first kappa shape index (κ1) is 12.1. The van der Waals surface area contributed by atoms with E-state index in [-0.39, 0.29) is 5.28 Å². The molecule has 0 saturated carbocycles. The summed E-state index contributed by atoms with van der Waals surface area (Å²) >= 11 is 5.76. The Kier molecular flexibility index (Phi) is 3.55. The second-order valence-electron chi connectivity index (χ2n) is 3.32. The van der Waals surface area contributed by atoms with Crippen molar-refractivity contribution in [1.29, 1.82) is 5.26 Å². The van der Waals surface area contributed by atoms with E-state index in [2.05, 4.69) is 25.6 Å². The highest BCUT2D eigenvalue weighted by atomic mass is 35.5. The van der Waals surface area contributed by atoms with E-state index < -0.39 is 0 Å². The van der Waals surface area contributed by atoms with Gasteiger partial charge in [-0.05, 0) is 35.9 Å². The minimum atomic E-state index is 0.102. The van der Waals surface area contributed by atoms with Crippen molar-refractivity contribution in [3.8, 4) is 6.07 Å². The Morgan fingerprint density at radius 1 is 1.11 bits per heavy atom. The third-order valence-corrected chi connectivity index (χ3v) is 2.27. The van der Waals surface area contributed by atoms with Crippen LogP contribution in [-0.2, 0) is 0 Å². The smallest absolute Gasteiger partial charge is 0.233 e. The number of halogens is 1. The molecule has 0 aliphatic carbocycles. The summed E-state index contributed by atoms with van der Waals surface area (Å²) in [5, 5.41) is 14.6. The zero-order valence-electron chi connectivity index (χ0n) is 9.48. The number of nitriles is 1. The maximum absolute atomic E-state index is 8.69. The number of nitrogens with one attached hydrogen (secondary N) is 2. The first-order valence-electron chi connectivity index (χ1n) is 5.08. The molecule has 1 aromatic carbocycles. The first-order chi connectivity index (χ1) is 8.71. The number of hydrogen-bond acceptors (Lipinski definition) is 6. The second kappa shape index (κ2) is 5.29. The molecule has 0 fully saturated rings. The summed E-state index contributed by atoms with van der Waals surface area (Å²) in [6, 6.07) is 8.96. The highest BCUT2D eigenvalue weighted by Gasteiger charge is 2.04. The fourth-order valence-corrected chi connectivity index (χ4v) is 1.44. The van der Waals surface area contributed by atoms with Gasteiger partial charge in [0.15, 0.2) is 0 Å². The number of rotatable bonds is 3. The maximum atomic E-state index is 8.69. The van der Waals surface area contributed by atoms with Crippen molar-refractivity contribution in [3.63, 3.8) is 0 Å². The number of anilines is 3. The SMILES string of the molecule is CNc1nc(Cl)nc(Nc2ccc(C#N)cc2)n1. The van der Waals surface area contributed by atoms with Crippen LogP contribution < -0.4 is 10.6 Å². The summed E-state index contributed by atoms with van der Waals surface area (Å²) in [6.07, 6.45) is 0. The lowest BCUT2D eigenvalue weighted by atomic mass is 10.2. The summed E-state index contributed by atoms with van der Waals surface area (Å²) in [5.74, 6) is 0.718. The topological polar surface area (TPSA) is 86.5 Å². The molecule has 1 aromatic heterocycles. The molecular formula is C11H9ClN6. The van der Waals surface area contributed by atoms with Crippen LogP contribution in [0.2, 0.25) is 5.28 Å². The molecule has 0 aliphatic rings. The van der Waals surface area contributed by atoms with Crippen LogP contribution in [0, 0.1) is 11.3 Å². The third kappa shape index (κ3) is 2.84. The molecule has 18 heavy (non-hydrogen) atoms. The predicted molar refractivity (Wildman–Crippen MR) is 68.8 cm³/mol. The standard InChI is InChI=1S/C11H9ClN6/c1-14-10-16-9(12)17-11(18-10)15-8-4-2-7(6-13)3-5-8/h2-5H,1H3,(H2,14,15,16,17,18). The molecule has 0 unspecified atom stereocenters. The van der Waals surface area contributed by atoms with Gasteiger partial charge in [-0.2, -0.15) is 20.2 Å². The Balaban J connectivity index is 2.22. The van der Waals surface area contributed by atoms with E-state index in [1.54, 1.807) is 31.3 Å². The Morgan fingerprint density at radius 2 is 1.78 bits per heavy atom. The molecule has 0 spiro atoms. The van der Waals surface area contributed by atoms with Gasteiger partial charge in [0.1, 0.15) is 0 Å². The fraction of sp³-hybridized carbons (Fsp3) is 0.0909. The zero-order valence-corrected chi connectivity index (χ0v) is 10.2. The Hall–Kier alpha value is -2.39. The molecule has 0 saturated heterocycles. The van der Waals surface area contributed by atoms with Gasteiger partial charge in [0, 0.05) is 12.7 Å². The van der Waals surface area contributed by atoms with Gasteiger partial charge in [0.25, 0.3) is 0 Å². The molecular weight excluding hydrogens is 252 g/mol. The average molecular weight is 261 g/mol. The number of aromatic nitrogens is 3. The van der Waals surface area contributed by atoms with Gasteiger partial charge in [-0.3, -0.25) is 0 Å². The summed E-state index contributed by atoms with van der Waals surface area (Å²) < 4.78 is 0. The first-order valence-corrected chi connectivity index (χ1v) is 5.45. The van der Waals surface area contributed by atoms with Gasteiger partial charge in [0.05, 0.1) is 11.6 Å². The van der Waals surface area contributed by atoms with E-state index in [1.807, 2.05) is 6.07 Å². The third-order valence-electron chi connectivity index (χ3n) is 2.10. The lowest BCUT2D eigenvalue weighted by Crippen LogP contribution is -2.03. The van der Waals surface area contributed by atoms with Crippen molar-refractivity contribution in [1.82, 2.24) is 15.0 Å². The molecule has 6 nitrogen and oxygen atoms in total. The molecule has 2 aromatic rings. The predicted octanol–water partition coefficient (Wildman–Crippen LogP) is 2.18. The minimum absolute atomic E-state index is 0.102. The summed E-state index contributed by atoms with van der Waals surface area (Å²) in [4.78, 5) is 11.9.